The molecule has 0 aliphatic carbocycles. The number of halogens is 1. The van der Waals surface area contributed by atoms with E-state index in [0.717, 1.165) is 22.4 Å². The number of rotatable bonds is 4. The molecule has 5 heteroatoms. The van der Waals surface area contributed by atoms with Crippen LogP contribution in [0.15, 0.2) is 59.0 Å². The van der Waals surface area contributed by atoms with E-state index in [2.05, 4.69) is 4.57 Å². The van der Waals surface area contributed by atoms with Gasteiger partial charge in [-0.3, -0.25) is 4.79 Å². The third-order valence-corrected chi connectivity index (χ3v) is 4.77. The van der Waals surface area contributed by atoms with Gasteiger partial charge in [-0.1, -0.05) is 29.8 Å². The number of carbonyl (C=O) groups excluding carboxylic acids is 1. The molecule has 0 atom stereocenters. The smallest absolute Gasteiger partial charge is 0.177 e. The number of fused-ring (bicyclic) bond motifs is 1. The molecule has 4 rings (SSSR count). The van der Waals surface area contributed by atoms with Crippen molar-refractivity contribution >= 4 is 28.4 Å². The molecule has 2 aromatic heterocycles. The molecule has 2 heterocycles. The summed E-state index contributed by atoms with van der Waals surface area (Å²) in [6.45, 7) is 4.02. The Morgan fingerprint density at radius 2 is 1.96 bits per heavy atom. The van der Waals surface area contributed by atoms with Crippen LogP contribution in [0.5, 0.6) is 0 Å². The zero-order valence-electron chi connectivity index (χ0n) is 14.5. The van der Waals surface area contributed by atoms with Crippen LogP contribution in [0.3, 0.4) is 0 Å². The lowest BCUT2D eigenvalue weighted by atomic mass is 10.1. The van der Waals surface area contributed by atoms with E-state index in [0.29, 0.717) is 28.7 Å². The fraction of sp³-hybridized carbons (Fsp3) is 0.143. The van der Waals surface area contributed by atoms with Gasteiger partial charge in [-0.2, -0.15) is 0 Å². The fourth-order valence-corrected chi connectivity index (χ4v) is 3.24. The van der Waals surface area contributed by atoms with E-state index >= 15 is 0 Å². The molecule has 0 N–H and O–H groups in total. The molecule has 4 nitrogen and oxygen atoms in total. The number of carbonyl (C=O) groups is 1. The number of nitrogens with zero attached hydrogens (tertiary/aromatic N) is 2. The average Bonchev–Trinajstić information content (AvgIpc) is 3.20. The van der Waals surface area contributed by atoms with Crippen molar-refractivity contribution in [2.75, 3.05) is 0 Å². The Bertz CT molecular complexity index is 1120. The number of ketones is 1. The van der Waals surface area contributed by atoms with Crippen LogP contribution in [0.4, 0.5) is 0 Å². The van der Waals surface area contributed by atoms with Crippen LogP contribution >= 0.6 is 11.6 Å². The van der Waals surface area contributed by atoms with Crippen LogP contribution in [0.25, 0.3) is 22.6 Å². The molecule has 4 aromatic rings. The summed E-state index contributed by atoms with van der Waals surface area (Å²) >= 11 is 6.36. The topological polar surface area (TPSA) is 48.0 Å². The van der Waals surface area contributed by atoms with Gasteiger partial charge in [0.05, 0.1) is 17.6 Å². The van der Waals surface area contributed by atoms with E-state index in [1.54, 1.807) is 6.92 Å². The van der Waals surface area contributed by atoms with Crippen molar-refractivity contribution in [1.29, 1.82) is 0 Å². The highest BCUT2D eigenvalue weighted by Crippen LogP contribution is 2.29. The van der Waals surface area contributed by atoms with Crippen LogP contribution in [-0.2, 0) is 6.54 Å². The van der Waals surface area contributed by atoms with Crippen molar-refractivity contribution in [3.8, 4) is 11.6 Å². The molecule has 0 aliphatic rings. The van der Waals surface area contributed by atoms with Crippen LogP contribution in [0, 0.1) is 6.92 Å². The van der Waals surface area contributed by atoms with Crippen molar-refractivity contribution in [2.24, 2.45) is 0 Å². The molecule has 26 heavy (non-hydrogen) atoms. The highest BCUT2D eigenvalue weighted by atomic mass is 35.5. The van der Waals surface area contributed by atoms with Crippen LogP contribution < -0.4 is 0 Å². The average molecular weight is 365 g/mol. The number of imidazole rings is 1. The first kappa shape index (κ1) is 16.6. The number of benzene rings is 2. The highest BCUT2D eigenvalue weighted by Gasteiger charge is 2.17. The van der Waals surface area contributed by atoms with Gasteiger partial charge in [0.25, 0.3) is 0 Å². The quantitative estimate of drug-likeness (QED) is 0.448. The second-order valence-electron chi connectivity index (χ2n) is 6.28. The largest absolute Gasteiger partial charge is 0.458 e. The molecule has 0 radical (unpaired) electrons. The first-order valence-corrected chi connectivity index (χ1v) is 8.72. The molecule has 0 bridgehead atoms. The van der Waals surface area contributed by atoms with Gasteiger partial charge in [-0.15, -0.1) is 0 Å². The van der Waals surface area contributed by atoms with Crippen molar-refractivity contribution in [3.05, 3.63) is 76.5 Å². The Morgan fingerprint density at radius 3 is 2.65 bits per heavy atom. The number of aromatic nitrogens is 2. The van der Waals surface area contributed by atoms with Gasteiger partial charge in [-0.25, -0.2) is 4.98 Å². The normalized spacial score (nSPS) is 11.2. The molecule has 130 valence electrons. The molecule has 0 aliphatic heterocycles. The molecular formula is C21H17ClN2O2. The maximum Gasteiger partial charge on any atom is 0.177 e. The summed E-state index contributed by atoms with van der Waals surface area (Å²) in [7, 11) is 0. The highest BCUT2D eigenvalue weighted by molar-refractivity contribution is 6.31. The number of aryl methyl sites for hydroxylation is 1. The summed E-state index contributed by atoms with van der Waals surface area (Å²) in [4.78, 5) is 16.5. The number of hydrogen-bond donors (Lipinski definition) is 0. The predicted molar refractivity (Wildman–Crippen MR) is 103 cm³/mol. The van der Waals surface area contributed by atoms with E-state index in [1.807, 2.05) is 61.5 Å². The SMILES string of the molecule is CC(=O)c1ccc2c(c1)nc(-c1ccc(C)o1)n2Cc1ccccc1Cl. The maximum atomic E-state index is 11.7. The molecule has 0 unspecified atom stereocenters. The van der Waals surface area contributed by atoms with Gasteiger partial charge in [0, 0.05) is 10.6 Å². The summed E-state index contributed by atoms with van der Waals surface area (Å²) in [5, 5.41) is 0.705. The molecule has 0 saturated heterocycles. The Morgan fingerprint density at radius 1 is 1.15 bits per heavy atom. The molecule has 0 fully saturated rings. The van der Waals surface area contributed by atoms with Crippen LogP contribution in [-0.4, -0.2) is 15.3 Å². The zero-order chi connectivity index (χ0) is 18.3. The number of hydrogen-bond acceptors (Lipinski definition) is 3. The molecule has 2 aromatic carbocycles. The monoisotopic (exact) mass is 364 g/mol. The minimum Gasteiger partial charge on any atom is -0.458 e. The first-order chi connectivity index (χ1) is 12.5. The fourth-order valence-electron chi connectivity index (χ4n) is 3.05. The van der Waals surface area contributed by atoms with Crippen LogP contribution in [0.1, 0.15) is 28.6 Å². The minimum atomic E-state index is 0.0166. The summed E-state index contributed by atoms with van der Waals surface area (Å²) in [6, 6.07) is 17.1. The maximum absolute atomic E-state index is 11.7. The lowest BCUT2D eigenvalue weighted by molar-refractivity contribution is 0.101. The lowest BCUT2D eigenvalue weighted by Gasteiger charge is -2.10. The molecular weight excluding hydrogens is 348 g/mol. The van der Waals surface area contributed by atoms with Gasteiger partial charge < -0.3 is 8.98 Å². The molecule has 0 amide bonds. The van der Waals surface area contributed by atoms with Gasteiger partial charge in [0.15, 0.2) is 17.4 Å². The standard InChI is InChI=1S/C21H17ClN2O2/c1-13-7-10-20(26-13)21-23-18-11-15(14(2)25)8-9-19(18)24(21)12-16-5-3-4-6-17(16)22/h3-11H,12H2,1-2H3. The third kappa shape index (κ3) is 2.93. The Labute approximate surface area is 156 Å². The number of Topliss-reactive ketones (excluding diaryl/α,β-unsaturated/α-hetero) is 1. The second-order valence-corrected chi connectivity index (χ2v) is 6.69. The van der Waals surface area contributed by atoms with E-state index in [1.165, 1.54) is 0 Å². The van der Waals surface area contributed by atoms with E-state index in [4.69, 9.17) is 21.0 Å². The summed E-state index contributed by atoms with van der Waals surface area (Å²) in [5.74, 6) is 2.24. The van der Waals surface area contributed by atoms with E-state index < -0.39 is 0 Å². The van der Waals surface area contributed by atoms with Gasteiger partial charge >= 0.3 is 0 Å². The van der Waals surface area contributed by atoms with Crippen molar-refractivity contribution < 1.29 is 9.21 Å². The summed E-state index contributed by atoms with van der Waals surface area (Å²) < 4.78 is 7.87. The second kappa shape index (κ2) is 6.46. The van der Waals surface area contributed by atoms with E-state index in [-0.39, 0.29) is 5.78 Å². The minimum absolute atomic E-state index is 0.0166. The predicted octanol–water partition coefficient (Wildman–Crippen LogP) is 5.51. The van der Waals surface area contributed by atoms with Gasteiger partial charge in [0.1, 0.15) is 5.76 Å². The molecule has 0 spiro atoms. The summed E-state index contributed by atoms with van der Waals surface area (Å²) in [5.41, 5.74) is 3.32. The van der Waals surface area contributed by atoms with Crippen molar-refractivity contribution in [3.63, 3.8) is 0 Å². The third-order valence-electron chi connectivity index (χ3n) is 4.40. The van der Waals surface area contributed by atoms with Crippen LogP contribution in [0.2, 0.25) is 5.02 Å². The first-order valence-electron chi connectivity index (χ1n) is 8.34. The van der Waals surface area contributed by atoms with Crippen molar-refractivity contribution in [2.45, 2.75) is 20.4 Å². The van der Waals surface area contributed by atoms with Gasteiger partial charge in [-0.05, 0) is 55.8 Å². The van der Waals surface area contributed by atoms with E-state index in [9.17, 15) is 4.79 Å². The zero-order valence-corrected chi connectivity index (χ0v) is 15.2. The van der Waals surface area contributed by atoms with Crippen molar-refractivity contribution in [1.82, 2.24) is 9.55 Å². The Kier molecular flexibility index (Phi) is 4.13. The Balaban J connectivity index is 1.92. The summed E-state index contributed by atoms with van der Waals surface area (Å²) in [6.07, 6.45) is 0. The lowest BCUT2D eigenvalue weighted by Crippen LogP contribution is -2.02. The number of furan rings is 1. The molecule has 0 saturated carbocycles. The Hall–Kier alpha value is -2.85. The van der Waals surface area contributed by atoms with Gasteiger partial charge in [0.2, 0.25) is 0 Å².